The lowest BCUT2D eigenvalue weighted by Gasteiger charge is -2.19. The van der Waals surface area contributed by atoms with Crippen LogP contribution < -0.4 is 5.32 Å². The van der Waals surface area contributed by atoms with E-state index >= 15 is 0 Å². The van der Waals surface area contributed by atoms with Crippen molar-refractivity contribution in [2.24, 2.45) is 11.8 Å². The molecule has 0 saturated heterocycles. The van der Waals surface area contributed by atoms with Crippen LogP contribution in [0.1, 0.15) is 34.1 Å². The van der Waals surface area contributed by atoms with E-state index in [1.54, 1.807) is 0 Å². The number of ether oxygens (including phenoxy) is 1. The van der Waals surface area contributed by atoms with Crippen LogP contribution in [0.25, 0.3) is 0 Å². The zero-order chi connectivity index (χ0) is 9.84. The Kier molecular flexibility index (Phi) is 3.64. The maximum absolute atomic E-state index is 5.76. The van der Waals surface area contributed by atoms with Crippen LogP contribution in [0.15, 0.2) is 11.5 Å². The lowest BCUT2D eigenvalue weighted by Crippen LogP contribution is -2.20. The summed E-state index contributed by atoms with van der Waals surface area (Å²) in [5.41, 5.74) is 1.30. The molecule has 0 aromatic heterocycles. The molecule has 1 heterocycles. The highest BCUT2D eigenvalue weighted by molar-refractivity contribution is 5.12. The van der Waals surface area contributed by atoms with Crippen LogP contribution in [-0.2, 0) is 4.74 Å². The van der Waals surface area contributed by atoms with Crippen LogP contribution in [0, 0.1) is 11.8 Å². The van der Waals surface area contributed by atoms with Gasteiger partial charge >= 0.3 is 0 Å². The Bertz CT molecular complexity index is 174. The van der Waals surface area contributed by atoms with Gasteiger partial charge in [-0.05, 0) is 12.3 Å². The van der Waals surface area contributed by atoms with Crippen molar-refractivity contribution in [2.75, 3.05) is 13.2 Å². The van der Waals surface area contributed by atoms with Crippen molar-refractivity contribution in [2.45, 2.75) is 34.1 Å². The predicted molar refractivity (Wildman–Crippen MR) is 55.3 cm³/mol. The van der Waals surface area contributed by atoms with Gasteiger partial charge in [-0.15, -0.1) is 0 Å². The van der Waals surface area contributed by atoms with Crippen molar-refractivity contribution in [3.8, 4) is 0 Å². The number of hydrogen-bond acceptors (Lipinski definition) is 2. The Hall–Kier alpha value is -0.660. The Balaban J connectivity index is 2.85. The number of rotatable bonds is 2. The van der Waals surface area contributed by atoms with Gasteiger partial charge in [-0.2, -0.15) is 0 Å². The number of allylic oxidation sites excluding steroid dienone is 2. The molecule has 2 heteroatoms. The molecule has 0 amide bonds. The second-order valence-electron chi connectivity index (χ2n) is 4.22. The molecule has 0 aromatic carbocycles. The zero-order valence-electron chi connectivity index (χ0n) is 9.18. The van der Waals surface area contributed by atoms with E-state index in [0.29, 0.717) is 11.8 Å². The van der Waals surface area contributed by atoms with E-state index in [4.69, 9.17) is 4.74 Å². The molecule has 76 valence electrons. The van der Waals surface area contributed by atoms with E-state index in [9.17, 15) is 0 Å². The lowest BCUT2D eigenvalue weighted by molar-refractivity contribution is 0.184. The molecule has 13 heavy (non-hydrogen) atoms. The van der Waals surface area contributed by atoms with Crippen molar-refractivity contribution in [3.05, 3.63) is 11.5 Å². The van der Waals surface area contributed by atoms with Gasteiger partial charge in [-0.3, -0.25) is 0 Å². The Morgan fingerprint density at radius 2 is 1.85 bits per heavy atom. The number of nitrogens with one attached hydrogen (secondary N) is 1. The van der Waals surface area contributed by atoms with E-state index in [1.807, 2.05) is 0 Å². The molecule has 0 bridgehead atoms. The molecule has 0 saturated carbocycles. The molecule has 0 aliphatic carbocycles. The van der Waals surface area contributed by atoms with Crippen LogP contribution in [0.2, 0.25) is 0 Å². The van der Waals surface area contributed by atoms with Gasteiger partial charge in [-0.1, -0.05) is 27.7 Å². The van der Waals surface area contributed by atoms with Crippen molar-refractivity contribution >= 4 is 0 Å². The third-order valence-corrected chi connectivity index (χ3v) is 2.26. The zero-order valence-corrected chi connectivity index (χ0v) is 9.18. The van der Waals surface area contributed by atoms with Gasteiger partial charge in [0.05, 0.1) is 12.3 Å². The fraction of sp³-hybridized carbons (Fsp3) is 0.818. The largest absolute Gasteiger partial charge is 0.496 e. The van der Waals surface area contributed by atoms with E-state index in [-0.39, 0.29) is 0 Å². The van der Waals surface area contributed by atoms with Crippen LogP contribution >= 0.6 is 0 Å². The summed E-state index contributed by atoms with van der Waals surface area (Å²) in [5.74, 6) is 2.19. The third kappa shape index (κ3) is 2.64. The maximum atomic E-state index is 5.76. The van der Waals surface area contributed by atoms with Crippen LogP contribution in [0.3, 0.4) is 0 Å². The molecule has 0 fully saturated rings. The van der Waals surface area contributed by atoms with E-state index in [1.165, 1.54) is 5.70 Å². The van der Waals surface area contributed by atoms with Crippen molar-refractivity contribution in [3.63, 3.8) is 0 Å². The van der Waals surface area contributed by atoms with E-state index in [0.717, 1.165) is 25.3 Å². The molecule has 0 atom stereocenters. The summed E-state index contributed by atoms with van der Waals surface area (Å²) in [5, 5.41) is 3.47. The molecule has 1 N–H and O–H groups in total. The first-order valence-electron chi connectivity index (χ1n) is 5.23. The SMILES string of the molecule is CC(C)C1=C(C(C)C)OCCCN1. The average Bonchev–Trinajstić information content (AvgIpc) is 2.27. The van der Waals surface area contributed by atoms with Gasteiger partial charge in [0.25, 0.3) is 0 Å². The highest BCUT2D eigenvalue weighted by Gasteiger charge is 2.17. The van der Waals surface area contributed by atoms with E-state index in [2.05, 4.69) is 33.0 Å². The third-order valence-electron chi connectivity index (χ3n) is 2.26. The fourth-order valence-electron chi connectivity index (χ4n) is 1.61. The predicted octanol–water partition coefficient (Wildman–Crippen LogP) is 2.52. The smallest absolute Gasteiger partial charge is 0.118 e. The first kappa shape index (κ1) is 10.4. The molecule has 1 aliphatic heterocycles. The number of hydrogen-bond donors (Lipinski definition) is 1. The molecule has 2 nitrogen and oxygen atoms in total. The minimum Gasteiger partial charge on any atom is -0.496 e. The topological polar surface area (TPSA) is 21.3 Å². The average molecular weight is 183 g/mol. The summed E-state index contributed by atoms with van der Waals surface area (Å²) in [6.07, 6.45) is 1.10. The molecular formula is C11H21NO. The van der Waals surface area contributed by atoms with Gasteiger partial charge in [0.2, 0.25) is 0 Å². The summed E-state index contributed by atoms with van der Waals surface area (Å²) in [6.45, 7) is 10.7. The monoisotopic (exact) mass is 183 g/mol. The molecule has 0 aromatic rings. The normalized spacial score (nSPS) is 18.6. The van der Waals surface area contributed by atoms with Gasteiger partial charge in [0, 0.05) is 12.5 Å². The summed E-state index contributed by atoms with van der Waals surface area (Å²) in [7, 11) is 0. The fourth-order valence-corrected chi connectivity index (χ4v) is 1.61. The molecular weight excluding hydrogens is 162 g/mol. The van der Waals surface area contributed by atoms with Crippen molar-refractivity contribution in [1.29, 1.82) is 0 Å². The van der Waals surface area contributed by atoms with Gasteiger partial charge in [0.1, 0.15) is 5.76 Å². The Morgan fingerprint density at radius 1 is 1.15 bits per heavy atom. The first-order chi connectivity index (χ1) is 6.13. The molecule has 0 radical (unpaired) electrons. The van der Waals surface area contributed by atoms with Crippen molar-refractivity contribution < 1.29 is 4.74 Å². The molecule has 1 aliphatic rings. The summed E-state index contributed by atoms with van der Waals surface area (Å²) in [6, 6.07) is 0. The van der Waals surface area contributed by atoms with Crippen LogP contribution in [0.5, 0.6) is 0 Å². The molecule has 0 unspecified atom stereocenters. The maximum Gasteiger partial charge on any atom is 0.118 e. The molecule has 0 spiro atoms. The minimum absolute atomic E-state index is 0.489. The lowest BCUT2D eigenvalue weighted by atomic mass is 10.0. The van der Waals surface area contributed by atoms with Crippen LogP contribution in [-0.4, -0.2) is 13.2 Å². The standard InChI is InChI=1S/C11H21NO/c1-8(2)10-11(9(3)4)13-7-5-6-12-10/h8-9,12H,5-7H2,1-4H3. The summed E-state index contributed by atoms with van der Waals surface area (Å²) in [4.78, 5) is 0. The van der Waals surface area contributed by atoms with Crippen molar-refractivity contribution in [1.82, 2.24) is 5.32 Å². The van der Waals surface area contributed by atoms with Crippen LogP contribution in [0.4, 0.5) is 0 Å². The summed E-state index contributed by atoms with van der Waals surface area (Å²) < 4.78 is 5.76. The van der Waals surface area contributed by atoms with E-state index < -0.39 is 0 Å². The second-order valence-corrected chi connectivity index (χ2v) is 4.22. The second kappa shape index (κ2) is 4.54. The highest BCUT2D eigenvalue weighted by Crippen LogP contribution is 2.22. The first-order valence-corrected chi connectivity index (χ1v) is 5.23. The van der Waals surface area contributed by atoms with Gasteiger partial charge in [-0.25, -0.2) is 0 Å². The van der Waals surface area contributed by atoms with Gasteiger partial charge in [0.15, 0.2) is 0 Å². The minimum atomic E-state index is 0.489. The van der Waals surface area contributed by atoms with Gasteiger partial charge < -0.3 is 10.1 Å². The quantitative estimate of drug-likeness (QED) is 0.710. The highest BCUT2D eigenvalue weighted by atomic mass is 16.5. The Labute approximate surface area is 81.4 Å². The molecule has 1 rings (SSSR count). The Morgan fingerprint density at radius 3 is 2.38 bits per heavy atom. The summed E-state index contributed by atoms with van der Waals surface area (Å²) >= 11 is 0.